The van der Waals surface area contributed by atoms with Crippen molar-refractivity contribution in [2.24, 2.45) is 7.05 Å². The molecule has 0 bridgehead atoms. The summed E-state index contributed by atoms with van der Waals surface area (Å²) in [6, 6.07) is 12.1. The maximum Gasteiger partial charge on any atom is 0.335 e. The van der Waals surface area contributed by atoms with Gasteiger partial charge in [0.25, 0.3) is 11.5 Å². The quantitative estimate of drug-likeness (QED) is 0.645. The van der Waals surface area contributed by atoms with E-state index in [-0.39, 0.29) is 12.3 Å². The molecular weight excluding hydrogens is 439 g/mol. The van der Waals surface area contributed by atoms with Gasteiger partial charge in [-0.2, -0.15) is 0 Å². The molecule has 3 aromatic rings. The average molecular weight is 462 g/mol. The topological polar surface area (TPSA) is 93.4 Å². The van der Waals surface area contributed by atoms with Crippen molar-refractivity contribution < 1.29 is 14.0 Å². The first-order chi connectivity index (χ1) is 16.2. The Morgan fingerprint density at radius 3 is 2.44 bits per heavy atom. The van der Waals surface area contributed by atoms with Crippen molar-refractivity contribution in [1.82, 2.24) is 14.0 Å². The average Bonchev–Trinajstić information content (AvgIpc) is 2.81. The fourth-order valence-corrected chi connectivity index (χ4v) is 3.86. The molecule has 0 aliphatic carbocycles. The van der Waals surface area contributed by atoms with Crippen LogP contribution < -0.4 is 16.6 Å². The number of nitrogens with one attached hydrogen (secondary N) is 1. The highest BCUT2D eigenvalue weighted by atomic mass is 19.1. The van der Waals surface area contributed by atoms with E-state index in [0.717, 1.165) is 10.1 Å². The van der Waals surface area contributed by atoms with Gasteiger partial charge < -0.3 is 10.2 Å². The standard InChI is InChI=1S/C25H23FN4O4/c1-15-4-9-18(30-11-10-22(31)29(3)25(30)34)12-21(15)27-24(33)20-14-28(2)23(32)13-19(20)16-5-7-17(26)8-6-16/h4-12,14,19H,13H2,1-3H3,(H,27,33)/t19-/m0/s1. The number of carbonyl (C=O) groups is 2. The third kappa shape index (κ3) is 4.32. The highest BCUT2D eigenvalue weighted by Crippen LogP contribution is 2.33. The van der Waals surface area contributed by atoms with Crippen molar-refractivity contribution in [3.05, 3.63) is 104 Å². The summed E-state index contributed by atoms with van der Waals surface area (Å²) in [5, 5.41) is 2.88. The number of anilines is 1. The number of benzene rings is 2. The largest absolute Gasteiger partial charge is 0.335 e. The van der Waals surface area contributed by atoms with Gasteiger partial charge in [-0.3, -0.25) is 23.5 Å². The number of aryl methyl sites for hydroxylation is 1. The fraction of sp³-hybridized carbons (Fsp3) is 0.200. The van der Waals surface area contributed by atoms with E-state index < -0.39 is 28.9 Å². The van der Waals surface area contributed by atoms with E-state index in [2.05, 4.69) is 5.32 Å². The van der Waals surface area contributed by atoms with E-state index in [1.807, 2.05) is 6.92 Å². The zero-order valence-corrected chi connectivity index (χ0v) is 18.9. The number of aromatic nitrogens is 2. The monoisotopic (exact) mass is 462 g/mol. The number of nitrogens with zero attached hydrogens (tertiary/aromatic N) is 3. The molecule has 1 aliphatic heterocycles. The molecule has 2 heterocycles. The van der Waals surface area contributed by atoms with E-state index >= 15 is 0 Å². The third-order valence-electron chi connectivity index (χ3n) is 5.95. The summed E-state index contributed by atoms with van der Waals surface area (Å²) in [5.74, 6) is -1.50. The summed E-state index contributed by atoms with van der Waals surface area (Å²) in [6.07, 6.45) is 2.95. The van der Waals surface area contributed by atoms with Crippen molar-refractivity contribution in [3.63, 3.8) is 0 Å². The van der Waals surface area contributed by atoms with Crippen LogP contribution in [-0.2, 0) is 16.6 Å². The Balaban J connectivity index is 1.69. The predicted octanol–water partition coefficient (Wildman–Crippen LogP) is 2.45. The molecule has 4 rings (SSSR count). The van der Waals surface area contributed by atoms with Crippen molar-refractivity contribution >= 4 is 17.5 Å². The van der Waals surface area contributed by atoms with Crippen LogP contribution in [0.4, 0.5) is 10.1 Å². The maximum absolute atomic E-state index is 13.4. The van der Waals surface area contributed by atoms with Crippen LogP contribution in [0.15, 0.2) is 76.1 Å². The molecule has 1 N–H and O–H groups in total. The third-order valence-corrected chi connectivity index (χ3v) is 5.95. The minimum atomic E-state index is -0.529. The molecule has 2 amide bonds. The first-order valence-corrected chi connectivity index (χ1v) is 10.6. The van der Waals surface area contributed by atoms with Crippen LogP contribution in [0, 0.1) is 12.7 Å². The normalized spacial score (nSPS) is 15.8. The SMILES string of the molecule is Cc1ccc(-n2ccc(=O)n(C)c2=O)cc1NC(=O)C1=CN(C)C(=O)C[C@H]1c1ccc(F)cc1. The molecule has 0 saturated heterocycles. The first-order valence-electron chi connectivity index (χ1n) is 10.6. The second-order valence-electron chi connectivity index (χ2n) is 8.22. The number of carbonyl (C=O) groups excluding carboxylic acids is 2. The molecule has 0 radical (unpaired) electrons. The summed E-state index contributed by atoms with van der Waals surface area (Å²) < 4.78 is 15.7. The van der Waals surface area contributed by atoms with Crippen molar-refractivity contribution in [2.45, 2.75) is 19.3 Å². The Labute approximate surface area is 194 Å². The highest BCUT2D eigenvalue weighted by Gasteiger charge is 2.31. The van der Waals surface area contributed by atoms with Gasteiger partial charge in [-0.1, -0.05) is 18.2 Å². The molecule has 0 spiro atoms. The molecular formula is C25H23FN4O4. The Kier molecular flexibility index (Phi) is 6.02. The van der Waals surface area contributed by atoms with Gasteiger partial charge >= 0.3 is 5.69 Å². The number of rotatable bonds is 4. The van der Waals surface area contributed by atoms with Gasteiger partial charge in [0, 0.05) is 56.2 Å². The van der Waals surface area contributed by atoms with E-state index in [1.165, 1.54) is 47.1 Å². The Morgan fingerprint density at radius 1 is 1.03 bits per heavy atom. The summed E-state index contributed by atoms with van der Waals surface area (Å²) in [4.78, 5) is 51.3. The van der Waals surface area contributed by atoms with Crippen LogP contribution in [0.2, 0.25) is 0 Å². The van der Waals surface area contributed by atoms with Crippen LogP contribution in [0.3, 0.4) is 0 Å². The molecule has 1 aromatic heterocycles. The van der Waals surface area contributed by atoms with Crippen LogP contribution in [0.1, 0.15) is 23.5 Å². The summed E-state index contributed by atoms with van der Waals surface area (Å²) in [7, 11) is 2.97. The molecule has 174 valence electrons. The minimum Gasteiger partial charge on any atom is -0.322 e. The summed E-state index contributed by atoms with van der Waals surface area (Å²) in [6.45, 7) is 1.81. The lowest BCUT2D eigenvalue weighted by atomic mass is 9.85. The van der Waals surface area contributed by atoms with E-state index in [9.17, 15) is 23.6 Å². The molecule has 9 heteroatoms. The van der Waals surface area contributed by atoms with Gasteiger partial charge in [0.15, 0.2) is 0 Å². The number of halogens is 1. The minimum absolute atomic E-state index is 0.0772. The Morgan fingerprint density at radius 2 is 1.74 bits per heavy atom. The Bertz CT molecular complexity index is 1440. The van der Waals surface area contributed by atoms with Gasteiger partial charge in [-0.25, -0.2) is 9.18 Å². The first kappa shape index (κ1) is 22.9. The molecule has 2 aromatic carbocycles. The van der Waals surface area contributed by atoms with E-state index in [1.54, 1.807) is 37.4 Å². The van der Waals surface area contributed by atoms with Crippen LogP contribution >= 0.6 is 0 Å². The second-order valence-corrected chi connectivity index (χ2v) is 8.22. The van der Waals surface area contributed by atoms with Gasteiger partial charge in [0.1, 0.15) is 5.82 Å². The fourth-order valence-electron chi connectivity index (χ4n) is 3.86. The number of hydrogen-bond acceptors (Lipinski definition) is 4. The lowest BCUT2D eigenvalue weighted by Crippen LogP contribution is -2.36. The van der Waals surface area contributed by atoms with Gasteiger partial charge in [-0.15, -0.1) is 0 Å². The Hall–Kier alpha value is -4.27. The highest BCUT2D eigenvalue weighted by molar-refractivity contribution is 6.06. The van der Waals surface area contributed by atoms with Crippen LogP contribution in [0.25, 0.3) is 5.69 Å². The molecule has 1 aliphatic rings. The van der Waals surface area contributed by atoms with Crippen molar-refractivity contribution in [2.75, 3.05) is 12.4 Å². The van der Waals surface area contributed by atoms with E-state index in [4.69, 9.17) is 0 Å². The zero-order valence-electron chi connectivity index (χ0n) is 18.9. The molecule has 1 atom stereocenters. The maximum atomic E-state index is 13.4. The molecule has 34 heavy (non-hydrogen) atoms. The molecule has 8 nitrogen and oxygen atoms in total. The summed E-state index contributed by atoms with van der Waals surface area (Å²) >= 11 is 0. The van der Waals surface area contributed by atoms with Gasteiger partial charge in [0.2, 0.25) is 5.91 Å². The second kappa shape index (κ2) is 8.93. The van der Waals surface area contributed by atoms with Crippen LogP contribution in [0.5, 0.6) is 0 Å². The smallest absolute Gasteiger partial charge is 0.322 e. The zero-order chi connectivity index (χ0) is 24.6. The molecule has 0 unspecified atom stereocenters. The van der Waals surface area contributed by atoms with E-state index in [0.29, 0.717) is 22.5 Å². The van der Waals surface area contributed by atoms with Crippen LogP contribution in [-0.4, -0.2) is 32.9 Å². The van der Waals surface area contributed by atoms with Crippen molar-refractivity contribution in [3.8, 4) is 5.69 Å². The summed E-state index contributed by atoms with van der Waals surface area (Å²) in [5.41, 5.74) is 1.79. The number of hydrogen-bond donors (Lipinski definition) is 1. The molecule has 0 saturated carbocycles. The van der Waals surface area contributed by atoms with Gasteiger partial charge in [-0.05, 0) is 42.3 Å². The number of amides is 2. The lowest BCUT2D eigenvalue weighted by Gasteiger charge is -2.28. The lowest BCUT2D eigenvalue weighted by molar-refractivity contribution is -0.128. The van der Waals surface area contributed by atoms with Crippen molar-refractivity contribution in [1.29, 1.82) is 0 Å². The predicted molar refractivity (Wildman–Crippen MR) is 125 cm³/mol. The van der Waals surface area contributed by atoms with Gasteiger partial charge in [0.05, 0.1) is 5.69 Å². The molecule has 0 fully saturated rings.